The topological polar surface area (TPSA) is 55.3 Å². The summed E-state index contributed by atoms with van der Waals surface area (Å²) in [5.41, 5.74) is 4.97. The second kappa shape index (κ2) is 5.28. The van der Waals surface area contributed by atoms with E-state index in [1.165, 1.54) is 12.7 Å². The molecule has 0 radical (unpaired) electrons. The van der Waals surface area contributed by atoms with Gasteiger partial charge in [-0.1, -0.05) is 18.2 Å². The quantitative estimate of drug-likeness (QED) is 0.634. The number of methoxy groups -OCH3 is 1. The highest BCUT2D eigenvalue weighted by Gasteiger charge is 2.37. The number of carbonyl (C=O) groups is 1. The van der Waals surface area contributed by atoms with Crippen LogP contribution in [0.5, 0.6) is 0 Å². The van der Waals surface area contributed by atoms with E-state index in [1.54, 1.807) is 12.1 Å². The molecule has 5 nitrogen and oxygen atoms in total. The number of para-hydroxylation sites is 1. The number of hydrogen-bond acceptors (Lipinski definition) is 5. The Bertz CT molecular complexity index is 1010. The highest BCUT2D eigenvalue weighted by Crippen LogP contribution is 2.46. The summed E-state index contributed by atoms with van der Waals surface area (Å²) in [6, 6.07) is 13.6. The first-order chi connectivity index (χ1) is 11.9. The second-order valence-electron chi connectivity index (χ2n) is 6.79. The summed E-state index contributed by atoms with van der Waals surface area (Å²) in [5.74, 6) is 0.443. The van der Waals surface area contributed by atoms with Gasteiger partial charge in [-0.05, 0) is 43.7 Å². The summed E-state index contributed by atoms with van der Waals surface area (Å²) >= 11 is 0. The molecule has 0 N–H and O–H groups in total. The van der Waals surface area contributed by atoms with E-state index in [-0.39, 0.29) is 11.4 Å². The van der Waals surface area contributed by atoms with Crippen LogP contribution in [0.3, 0.4) is 0 Å². The van der Waals surface area contributed by atoms with Crippen LogP contribution in [0.2, 0.25) is 0 Å². The van der Waals surface area contributed by atoms with E-state index in [2.05, 4.69) is 36.9 Å². The average molecular weight is 333 g/mol. The zero-order valence-electron chi connectivity index (χ0n) is 14.7. The Morgan fingerprint density at radius 2 is 1.84 bits per heavy atom. The van der Waals surface area contributed by atoms with Crippen molar-refractivity contribution in [2.24, 2.45) is 0 Å². The van der Waals surface area contributed by atoms with Crippen molar-refractivity contribution in [3.63, 3.8) is 0 Å². The number of hydrogen-bond donors (Lipinski definition) is 0. The minimum atomic E-state index is -0.375. The second-order valence-corrected chi connectivity index (χ2v) is 6.79. The fourth-order valence-electron chi connectivity index (χ4n) is 3.48. The standard InChI is InChI=1S/C20H19N3O2/c1-20(2)13-7-5-6-8-16(13)23(3)18-17(20)21-14-10-9-12(19(24)25-4)11-15(14)22-18/h5-11H,1-4H3. The number of anilines is 2. The Morgan fingerprint density at radius 3 is 2.60 bits per heavy atom. The number of esters is 1. The number of fused-ring (bicyclic) bond motifs is 3. The van der Waals surface area contributed by atoms with E-state index in [0.717, 1.165) is 22.7 Å². The highest BCUT2D eigenvalue weighted by atomic mass is 16.5. The van der Waals surface area contributed by atoms with Crippen molar-refractivity contribution < 1.29 is 9.53 Å². The predicted octanol–water partition coefficient (Wildman–Crippen LogP) is 3.82. The zero-order chi connectivity index (χ0) is 17.8. The number of benzene rings is 2. The van der Waals surface area contributed by atoms with Gasteiger partial charge in [0.05, 0.1) is 29.4 Å². The van der Waals surface area contributed by atoms with Gasteiger partial charge in [0.15, 0.2) is 5.82 Å². The van der Waals surface area contributed by atoms with Gasteiger partial charge in [-0.3, -0.25) is 0 Å². The fourth-order valence-corrected chi connectivity index (χ4v) is 3.48. The minimum Gasteiger partial charge on any atom is -0.465 e. The van der Waals surface area contributed by atoms with Crippen LogP contribution in [0, 0.1) is 0 Å². The molecule has 0 bridgehead atoms. The molecule has 1 aliphatic rings. The third kappa shape index (κ3) is 2.19. The van der Waals surface area contributed by atoms with Gasteiger partial charge >= 0.3 is 5.97 Å². The molecule has 1 aromatic heterocycles. The number of aromatic nitrogens is 2. The Balaban J connectivity index is 1.97. The van der Waals surface area contributed by atoms with Crippen LogP contribution in [0.1, 0.15) is 35.5 Å². The average Bonchev–Trinajstić information content (AvgIpc) is 2.64. The lowest BCUT2D eigenvalue weighted by Gasteiger charge is -2.38. The Morgan fingerprint density at radius 1 is 1.08 bits per heavy atom. The van der Waals surface area contributed by atoms with E-state index in [4.69, 9.17) is 14.7 Å². The minimum absolute atomic E-state index is 0.249. The van der Waals surface area contributed by atoms with E-state index in [1.807, 2.05) is 19.2 Å². The normalized spacial score (nSPS) is 14.8. The van der Waals surface area contributed by atoms with Crippen molar-refractivity contribution >= 4 is 28.5 Å². The van der Waals surface area contributed by atoms with Crippen LogP contribution in [0.4, 0.5) is 11.5 Å². The maximum Gasteiger partial charge on any atom is 0.337 e. The third-order valence-electron chi connectivity index (χ3n) is 4.92. The van der Waals surface area contributed by atoms with E-state index < -0.39 is 0 Å². The van der Waals surface area contributed by atoms with E-state index in [9.17, 15) is 4.79 Å². The molecule has 0 unspecified atom stereocenters. The van der Waals surface area contributed by atoms with Crippen LogP contribution >= 0.6 is 0 Å². The summed E-state index contributed by atoms with van der Waals surface area (Å²) in [7, 11) is 3.37. The highest BCUT2D eigenvalue weighted by molar-refractivity contribution is 5.94. The molecule has 3 aromatic rings. The van der Waals surface area contributed by atoms with Crippen LogP contribution in [0.15, 0.2) is 42.5 Å². The molecule has 126 valence electrons. The van der Waals surface area contributed by atoms with E-state index >= 15 is 0 Å². The maximum atomic E-state index is 11.8. The molecular weight excluding hydrogens is 314 g/mol. The molecule has 1 aliphatic heterocycles. The first-order valence-electron chi connectivity index (χ1n) is 8.17. The lowest BCUT2D eigenvalue weighted by molar-refractivity contribution is 0.0601. The largest absolute Gasteiger partial charge is 0.465 e. The van der Waals surface area contributed by atoms with Crippen molar-refractivity contribution in [3.8, 4) is 0 Å². The van der Waals surface area contributed by atoms with Crippen molar-refractivity contribution in [2.45, 2.75) is 19.3 Å². The molecule has 5 heteroatoms. The third-order valence-corrected chi connectivity index (χ3v) is 4.92. The number of ether oxygens (including phenoxy) is 1. The molecule has 0 amide bonds. The SMILES string of the molecule is COC(=O)c1ccc2nc3c(nc2c1)N(C)c1ccccc1C3(C)C. The molecule has 0 aliphatic carbocycles. The Hall–Kier alpha value is -2.95. The van der Waals surface area contributed by atoms with Crippen LogP contribution in [-0.4, -0.2) is 30.1 Å². The van der Waals surface area contributed by atoms with Crippen molar-refractivity contribution in [1.82, 2.24) is 9.97 Å². The van der Waals surface area contributed by atoms with Gasteiger partial charge in [0.2, 0.25) is 0 Å². The number of nitrogens with zero attached hydrogens (tertiary/aromatic N) is 3. The summed E-state index contributed by atoms with van der Waals surface area (Å²) in [6.45, 7) is 4.34. The molecule has 2 heterocycles. The van der Waals surface area contributed by atoms with Gasteiger partial charge < -0.3 is 9.64 Å². The predicted molar refractivity (Wildman–Crippen MR) is 97.5 cm³/mol. The molecule has 4 rings (SSSR count). The van der Waals surface area contributed by atoms with Crippen LogP contribution in [-0.2, 0) is 10.2 Å². The smallest absolute Gasteiger partial charge is 0.337 e. The van der Waals surface area contributed by atoms with Crippen molar-refractivity contribution in [3.05, 3.63) is 59.3 Å². The monoisotopic (exact) mass is 333 g/mol. The van der Waals surface area contributed by atoms with Gasteiger partial charge in [0.1, 0.15) is 0 Å². The van der Waals surface area contributed by atoms with E-state index in [0.29, 0.717) is 11.1 Å². The number of carbonyl (C=O) groups excluding carboxylic acids is 1. The van der Waals surface area contributed by atoms with Gasteiger partial charge in [-0.25, -0.2) is 14.8 Å². The zero-order valence-corrected chi connectivity index (χ0v) is 14.7. The molecule has 0 saturated heterocycles. The van der Waals surface area contributed by atoms with Gasteiger partial charge in [0.25, 0.3) is 0 Å². The van der Waals surface area contributed by atoms with Gasteiger partial charge in [0, 0.05) is 18.2 Å². The lowest BCUT2D eigenvalue weighted by Crippen LogP contribution is -2.32. The Kier molecular flexibility index (Phi) is 3.29. The van der Waals surface area contributed by atoms with Crippen LogP contribution in [0.25, 0.3) is 11.0 Å². The summed E-state index contributed by atoms with van der Waals surface area (Å²) in [6.07, 6.45) is 0. The molecule has 2 aromatic carbocycles. The van der Waals surface area contributed by atoms with Crippen LogP contribution < -0.4 is 4.90 Å². The van der Waals surface area contributed by atoms with Gasteiger partial charge in [-0.15, -0.1) is 0 Å². The summed E-state index contributed by atoms with van der Waals surface area (Å²) in [4.78, 5) is 23.6. The molecular formula is C20H19N3O2. The van der Waals surface area contributed by atoms with Gasteiger partial charge in [-0.2, -0.15) is 0 Å². The fraction of sp³-hybridized carbons (Fsp3) is 0.250. The molecule has 0 atom stereocenters. The molecule has 0 fully saturated rings. The first kappa shape index (κ1) is 15.6. The molecule has 0 saturated carbocycles. The summed E-state index contributed by atoms with van der Waals surface area (Å²) < 4.78 is 4.80. The first-order valence-corrected chi connectivity index (χ1v) is 8.17. The lowest BCUT2D eigenvalue weighted by atomic mass is 9.77. The molecule has 25 heavy (non-hydrogen) atoms. The maximum absolute atomic E-state index is 11.8. The molecule has 0 spiro atoms. The summed E-state index contributed by atoms with van der Waals surface area (Å²) in [5, 5.41) is 0. The van der Waals surface area contributed by atoms with Crippen molar-refractivity contribution in [1.29, 1.82) is 0 Å². The number of rotatable bonds is 1. The van der Waals surface area contributed by atoms with Crippen molar-refractivity contribution in [2.75, 3.05) is 19.1 Å². The Labute approximate surface area is 146 Å².